The SMILES string of the molecule is CCCCC1(CC)CN(c2ccccc2)c2cc(SC)c(OC[C@H](N)C(=O)O)cc2S(=O)(=O)N1. The molecular formula is C24H33N3O5S2. The molecule has 1 unspecified atom stereocenters. The average molecular weight is 508 g/mol. The lowest BCUT2D eigenvalue weighted by molar-refractivity contribution is -0.139. The molecule has 3 rings (SSSR count). The standard InChI is InChI=1S/C24H33N3O5S2/c1-4-6-12-24(5-2)16-27(17-10-8-7-9-11-17)19-13-21(33-3)20(32-15-18(25)23(28)29)14-22(19)34(30,31)26-24/h7-11,13-14,18,26H,4-6,12,15-16,25H2,1-3H3,(H,28,29)/t18-,24?/m0/s1. The number of anilines is 2. The van der Waals surface area contributed by atoms with Gasteiger partial charge in [-0.05, 0) is 37.3 Å². The molecule has 2 aromatic rings. The Bertz CT molecular complexity index is 1110. The minimum atomic E-state index is -3.90. The van der Waals surface area contributed by atoms with Crippen LogP contribution >= 0.6 is 11.8 Å². The van der Waals surface area contributed by atoms with Crippen LogP contribution < -0.4 is 20.1 Å². The Morgan fingerprint density at radius 2 is 2.00 bits per heavy atom. The molecule has 8 nitrogen and oxygen atoms in total. The number of rotatable bonds is 10. The normalized spacial score (nSPS) is 20.3. The molecule has 2 atom stereocenters. The smallest absolute Gasteiger partial charge is 0.324 e. The Morgan fingerprint density at radius 1 is 1.29 bits per heavy atom. The summed E-state index contributed by atoms with van der Waals surface area (Å²) < 4.78 is 36.1. The molecule has 0 aromatic heterocycles. The predicted octanol–water partition coefficient (Wildman–Crippen LogP) is 3.97. The van der Waals surface area contributed by atoms with Crippen LogP contribution in [-0.4, -0.2) is 50.5 Å². The molecule has 0 amide bonds. The number of ether oxygens (including phenoxy) is 1. The van der Waals surface area contributed by atoms with Crippen LogP contribution in [0.2, 0.25) is 0 Å². The molecule has 10 heteroatoms. The van der Waals surface area contributed by atoms with Gasteiger partial charge in [-0.2, -0.15) is 0 Å². The van der Waals surface area contributed by atoms with Crippen molar-refractivity contribution in [2.75, 3.05) is 24.3 Å². The summed E-state index contributed by atoms with van der Waals surface area (Å²) in [7, 11) is -3.90. The molecule has 2 aromatic carbocycles. The fraction of sp³-hybridized carbons (Fsp3) is 0.458. The number of fused-ring (bicyclic) bond motifs is 1. The lowest BCUT2D eigenvalue weighted by Gasteiger charge is -2.36. The highest BCUT2D eigenvalue weighted by molar-refractivity contribution is 7.98. The monoisotopic (exact) mass is 507 g/mol. The second-order valence-electron chi connectivity index (χ2n) is 8.49. The number of thioether (sulfide) groups is 1. The van der Waals surface area contributed by atoms with Gasteiger partial charge in [0.25, 0.3) is 0 Å². The molecular weight excluding hydrogens is 474 g/mol. The maximum Gasteiger partial charge on any atom is 0.324 e. The van der Waals surface area contributed by atoms with E-state index < -0.39 is 27.6 Å². The number of aliphatic carboxylic acids is 1. The Hall–Kier alpha value is -2.27. The van der Waals surface area contributed by atoms with E-state index >= 15 is 0 Å². The van der Waals surface area contributed by atoms with Gasteiger partial charge < -0.3 is 20.5 Å². The van der Waals surface area contributed by atoms with Crippen LogP contribution in [0.5, 0.6) is 5.75 Å². The zero-order valence-corrected chi connectivity index (χ0v) is 21.4. The lowest BCUT2D eigenvalue weighted by atomic mass is 9.89. The Labute approximate surface area is 205 Å². The van der Waals surface area contributed by atoms with Crippen molar-refractivity contribution in [1.82, 2.24) is 4.72 Å². The maximum absolute atomic E-state index is 13.7. The molecule has 0 fully saturated rings. The molecule has 4 N–H and O–H groups in total. The summed E-state index contributed by atoms with van der Waals surface area (Å²) in [4.78, 5) is 14.0. The summed E-state index contributed by atoms with van der Waals surface area (Å²) >= 11 is 1.40. The van der Waals surface area contributed by atoms with Crippen LogP contribution in [0, 0.1) is 0 Å². The van der Waals surface area contributed by atoms with Crippen LogP contribution in [0.15, 0.2) is 52.3 Å². The zero-order valence-electron chi connectivity index (χ0n) is 19.8. The zero-order chi connectivity index (χ0) is 24.9. The van der Waals surface area contributed by atoms with Gasteiger partial charge in [-0.3, -0.25) is 4.79 Å². The first-order chi connectivity index (χ1) is 16.2. The van der Waals surface area contributed by atoms with E-state index in [1.54, 1.807) is 6.07 Å². The number of para-hydroxylation sites is 1. The first kappa shape index (κ1) is 26.3. The Kier molecular flexibility index (Phi) is 8.51. The molecule has 0 radical (unpaired) electrons. The third kappa shape index (κ3) is 5.68. The molecule has 1 aliphatic rings. The second kappa shape index (κ2) is 11.0. The van der Waals surface area contributed by atoms with Gasteiger partial charge in [-0.1, -0.05) is 44.9 Å². The van der Waals surface area contributed by atoms with E-state index in [-0.39, 0.29) is 11.5 Å². The van der Waals surface area contributed by atoms with Crippen LogP contribution in [0.25, 0.3) is 0 Å². The highest BCUT2D eigenvalue weighted by atomic mass is 32.2. The molecule has 34 heavy (non-hydrogen) atoms. The van der Waals surface area contributed by atoms with Crippen molar-refractivity contribution in [3.63, 3.8) is 0 Å². The quantitative estimate of drug-likeness (QED) is 0.413. The molecule has 1 aliphatic heterocycles. The van der Waals surface area contributed by atoms with E-state index in [1.165, 1.54) is 17.8 Å². The van der Waals surface area contributed by atoms with Gasteiger partial charge in [-0.15, -0.1) is 11.8 Å². The van der Waals surface area contributed by atoms with E-state index in [2.05, 4.69) is 16.5 Å². The van der Waals surface area contributed by atoms with Crippen molar-refractivity contribution in [3.05, 3.63) is 42.5 Å². The summed E-state index contributed by atoms with van der Waals surface area (Å²) in [5, 5.41) is 9.09. The van der Waals surface area contributed by atoms with Gasteiger partial charge in [-0.25, -0.2) is 13.1 Å². The van der Waals surface area contributed by atoms with Crippen molar-refractivity contribution < 1.29 is 23.1 Å². The number of hydrogen-bond donors (Lipinski definition) is 3. The predicted molar refractivity (Wildman–Crippen MR) is 136 cm³/mol. The average Bonchev–Trinajstić information content (AvgIpc) is 2.93. The Balaban J connectivity index is 2.18. The fourth-order valence-corrected chi connectivity index (χ4v) is 6.33. The number of benzene rings is 2. The van der Waals surface area contributed by atoms with Crippen molar-refractivity contribution in [2.24, 2.45) is 5.73 Å². The first-order valence-corrected chi connectivity index (χ1v) is 14.1. The third-order valence-corrected chi connectivity index (χ3v) is 8.49. The second-order valence-corrected chi connectivity index (χ2v) is 11.0. The maximum atomic E-state index is 13.7. The van der Waals surface area contributed by atoms with Crippen LogP contribution in [0.3, 0.4) is 0 Å². The van der Waals surface area contributed by atoms with Gasteiger partial charge in [0.15, 0.2) is 0 Å². The summed E-state index contributed by atoms with van der Waals surface area (Å²) in [5.41, 5.74) is 6.41. The topological polar surface area (TPSA) is 122 Å². The number of carboxylic acids is 1. The van der Waals surface area contributed by atoms with Crippen molar-refractivity contribution in [3.8, 4) is 5.75 Å². The minimum Gasteiger partial charge on any atom is -0.490 e. The van der Waals surface area contributed by atoms with Crippen molar-refractivity contribution in [1.29, 1.82) is 0 Å². The number of nitrogens with zero attached hydrogens (tertiary/aromatic N) is 1. The van der Waals surface area contributed by atoms with Gasteiger partial charge in [0, 0.05) is 18.3 Å². The van der Waals surface area contributed by atoms with E-state index in [0.29, 0.717) is 35.7 Å². The van der Waals surface area contributed by atoms with Gasteiger partial charge in [0.1, 0.15) is 23.3 Å². The fourth-order valence-electron chi connectivity index (χ4n) is 4.08. The number of hydrogen-bond acceptors (Lipinski definition) is 7. The summed E-state index contributed by atoms with van der Waals surface area (Å²) in [6.07, 6.45) is 5.06. The molecule has 186 valence electrons. The number of carbonyl (C=O) groups is 1. The largest absolute Gasteiger partial charge is 0.490 e. The van der Waals surface area contributed by atoms with E-state index in [9.17, 15) is 13.2 Å². The molecule has 0 saturated carbocycles. The molecule has 0 aliphatic carbocycles. The summed E-state index contributed by atoms with van der Waals surface area (Å²) in [6.45, 7) is 4.31. The number of sulfonamides is 1. The van der Waals surface area contributed by atoms with Gasteiger partial charge in [0.2, 0.25) is 10.0 Å². The Morgan fingerprint density at radius 3 is 2.59 bits per heavy atom. The van der Waals surface area contributed by atoms with Crippen molar-refractivity contribution >= 4 is 39.1 Å². The summed E-state index contributed by atoms with van der Waals surface area (Å²) in [6, 6.07) is 11.8. The molecule has 1 heterocycles. The van der Waals surface area contributed by atoms with E-state index in [4.69, 9.17) is 15.6 Å². The number of carboxylic acid groups (broad SMARTS) is 1. The number of unbranched alkanes of at least 4 members (excludes halogenated alkanes) is 1. The van der Waals surface area contributed by atoms with Crippen LogP contribution in [-0.2, 0) is 14.8 Å². The van der Waals surface area contributed by atoms with Crippen LogP contribution in [0.1, 0.15) is 39.5 Å². The molecule has 0 spiro atoms. The lowest BCUT2D eigenvalue weighted by Crippen LogP contribution is -2.52. The highest BCUT2D eigenvalue weighted by Crippen LogP contribution is 2.43. The minimum absolute atomic E-state index is 0.0971. The molecule has 0 saturated heterocycles. The van der Waals surface area contributed by atoms with Crippen molar-refractivity contribution in [2.45, 2.75) is 60.9 Å². The number of nitrogens with two attached hydrogens (primary N) is 1. The van der Waals surface area contributed by atoms with Gasteiger partial charge in [0.05, 0.1) is 16.1 Å². The van der Waals surface area contributed by atoms with E-state index in [0.717, 1.165) is 18.5 Å². The number of nitrogens with one attached hydrogen (secondary N) is 1. The van der Waals surface area contributed by atoms with Gasteiger partial charge >= 0.3 is 5.97 Å². The van der Waals surface area contributed by atoms with Crippen LogP contribution in [0.4, 0.5) is 11.4 Å². The summed E-state index contributed by atoms with van der Waals surface area (Å²) in [5.74, 6) is -0.896. The van der Waals surface area contributed by atoms with E-state index in [1.807, 2.05) is 43.5 Å². The molecule has 0 bridgehead atoms. The third-order valence-electron chi connectivity index (χ3n) is 6.13. The highest BCUT2D eigenvalue weighted by Gasteiger charge is 2.41. The first-order valence-electron chi connectivity index (χ1n) is 11.4.